The maximum Gasteiger partial charge on any atom is 0.266 e. The molecular formula is C24H21NO2S. The Kier molecular flexibility index (Phi) is 4.88. The Balaban J connectivity index is 1.73. The first kappa shape index (κ1) is 18.3. The smallest absolute Gasteiger partial charge is 0.266 e. The Morgan fingerprint density at radius 3 is 2.50 bits per heavy atom. The minimum atomic E-state index is -0.114. The van der Waals surface area contributed by atoms with Gasteiger partial charge >= 0.3 is 0 Å². The SMILES string of the molecule is Cc1ccc(Cc2c(C(=O)Nc3ccc(O)cc3C)sc3ccccc23)cc1. The molecule has 0 radical (unpaired) electrons. The summed E-state index contributed by atoms with van der Waals surface area (Å²) in [5.74, 6) is 0.0783. The molecule has 28 heavy (non-hydrogen) atoms. The number of phenols is 1. The van der Waals surface area contributed by atoms with Crippen molar-refractivity contribution in [3.8, 4) is 5.75 Å². The summed E-state index contributed by atoms with van der Waals surface area (Å²) in [5, 5.41) is 13.7. The second-order valence-corrected chi connectivity index (χ2v) is 8.07. The molecule has 0 fully saturated rings. The molecule has 0 saturated heterocycles. The number of fused-ring (bicyclic) bond motifs is 1. The fraction of sp³-hybridized carbons (Fsp3) is 0.125. The van der Waals surface area contributed by atoms with Gasteiger partial charge in [-0.05, 0) is 66.6 Å². The summed E-state index contributed by atoms with van der Waals surface area (Å²) < 4.78 is 1.11. The van der Waals surface area contributed by atoms with Crippen LogP contribution in [0.4, 0.5) is 5.69 Å². The number of thiophene rings is 1. The van der Waals surface area contributed by atoms with Crippen molar-refractivity contribution >= 4 is 33.0 Å². The van der Waals surface area contributed by atoms with Crippen molar-refractivity contribution in [3.63, 3.8) is 0 Å². The number of carbonyl (C=O) groups excluding carboxylic acids is 1. The number of hydrogen-bond acceptors (Lipinski definition) is 3. The summed E-state index contributed by atoms with van der Waals surface area (Å²) in [5.41, 5.74) is 5.00. The van der Waals surface area contributed by atoms with Crippen molar-refractivity contribution in [2.75, 3.05) is 5.32 Å². The molecule has 0 aliphatic rings. The Bertz CT molecular complexity index is 1160. The molecule has 0 aliphatic heterocycles. The van der Waals surface area contributed by atoms with Gasteiger partial charge in [-0.25, -0.2) is 0 Å². The highest BCUT2D eigenvalue weighted by Crippen LogP contribution is 2.34. The van der Waals surface area contributed by atoms with E-state index >= 15 is 0 Å². The Morgan fingerprint density at radius 2 is 1.75 bits per heavy atom. The third kappa shape index (κ3) is 3.64. The van der Waals surface area contributed by atoms with E-state index in [1.165, 1.54) is 22.5 Å². The number of carbonyl (C=O) groups is 1. The number of benzene rings is 3. The lowest BCUT2D eigenvalue weighted by Crippen LogP contribution is -2.13. The maximum absolute atomic E-state index is 13.1. The molecule has 1 heterocycles. The van der Waals surface area contributed by atoms with Crippen LogP contribution in [0.2, 0.25) is 0 Å². The number of aromatic hydroxyl groups is 1. The van der Waals surface area contributed by atoms with Crippen LogP contribution in [0, 0.1) is 13.8 Å². The third-order valence-corrected chi connectivity index (χ3v) is 6.08. The molecule has 0 spiro atoms. The zero-order valence-corrected chi connectivity index (χ0v) is 16.6. The molecule has 0 unspecified atom stereocenters. The number of phenolic OH excluding ortho intramolecular Hbond substituents is 1. The van der Waals surface area contributed by atoms with E-state index in [4.69, 9.17) is 0 Å². The van der Waals surface area contributed by atoms with Gasteiger partial charge in [0, 0.05) is 10.4 Å². The van der Waals surface area contributed by atoms with E-state index in [0.717, 1.165) is 26.1 Å². The predicted molar refractivity (Wildman–Crippen MR) is 117 cm³/mol. The fourth-order valence-corrected chi connectivity index (χ4v) is 4.45. The first-order valence-electron chi connectivity index (χ1n) is 9.18. The molecule has 4 heteroatoms. The molecule has 3 nitrogen and oxygen atoms in total. The van der Waals surface area contributed by atoms with Crippen LogP contribution in [0.25, 0.3) is 10.1 Å². The van der Waals surface area contributed by atoms with Crippen molar-refractivity contribution in [2.45, 2.75) is 20.3 Å². The number of amides is 1. The lowest BCUT2D eigenvalue weighted by molar-refractivity contribution is 0.103. The first-order valence-corrected chi connectivity index (χ1v) is 10.00. The Hall–Kier alpha value is -3.11. The number of nitrogens with one attached hydrogen (secondary N) is 1. The van der Waals surface area contributed by atoms with Crippen LogP contribution < -0.4 is 5.32 Å². The molecule has 0 aliphatic carbocycles. The zero-order chi connectivity index (χ0) is 19.7. The largest absolute Gasteiger partial charge is 0.508 e. The second kappa shape index (κ2) is 7.49. The topological polar surface area (TPSA) is 49.3 Å². The van der Waals surface area contributed by atoms with Crippen molar-refractivity contribution in [1.29, 1.82) is 0 Å². The van der Waals surface area contributed by atoms with E-state index in [1.807, 2.05) is 19.1 Å². The molecule has 0 saturated carbocycles. The van der Waals surface area contributed by atoms with E-state index in [1.54, 1.807) is 18.2 Å². The molecule has 4 rings (SSSR count). The first-order chi connectivity index (χ1) is 13.5. The van der Waals surface area contributed by atoms with Gasteiger partial charge in [-0.1, -0.05) is 48.0 Å². The molecule has 4 aromatic rings. The lowest BCUT2D eigenvalue weighted by atomic mass is 10.0. The van der Waals surface area contributed by atoms with Crippen molar-refractivity contribution in [2.24, 2.45) is 0 Å². The van der Waals surface area contributed by atoms with Gasteiger partial charge in [-0.3, -0.25) is 4.79 Å². The summed E-state index contributed by atoms with van der Waals surface area (Å²) in [7, 11) is 0. The Morgan fingerprint density at radius 1 is 1.00 bits per heavy atom. The molecule has 3 aromatic carbocycles. The van der Waals surface area contributed by atoms with Gasteiger partial charge in [0.15, 0.2) is 0 Å². The number of anilines is 1. The van der Waals surface area contributed by atoms with E-state index in [0.29, 0.717) is 12.1 Å². The molecular weight excluding hydrogens is 366 g/mol. The molecule has 1 aromatic heterocycles. The van der Waals surface area contributed by atoms with Gasteiger partial charge < -0.3 is 10.4 Å². The average molecular weight is 388 g/mol. The molecule has 140 valence electrons. The van der Waals surface area contributed by atoms with Gasteiger partial charge in [0.25, 0.3) is 5.91 Å². The summed E-state index contributed by atoms with van der Waals surface area (Å²) in [6.45, 7) is 3.94. The van der Waals surface area contributed by atoms with Crippen molar-refractivity contribution < 1.29 is 9.90 Å². The third-order valence-electron chi connectivity index (χ3n) is 4.86. The van der Waals surface area contributed by atoms with Crippen molar-refractivity contribution in [3.05, 3.63) is 93.9 Å². The van der Waals surface area contributed by atoms with Gasteiger partial charge in [0.2, 0.25) is 0 Å². The Labute approximate surface area is 168 Å². The van der Waals surface area contributed by atoms with E-state index in [9.17, 15) is 9.90 Å². The van der Waals surface area contributed by atoms with Crippen LogP contribution in [0.3, 0.4) is 0 Å². The van der Waals surface area contributed by atoms with Gasteiger partial charge in [0.05, 0.1) is 4.88 Å². The fourth-order valence-electron chi connectivity index (χ4n) is 3.33. The van der Waals surface area contributed by atoms with Crippen LogP contribution in [-0.4, -0.2) is 11.0 Å². The van der Waals surface area contributed by atoms with E-state index < -0.39 is 0 Å². The second-order valence-electron chi connectivity index (χ2n) is 7.02. The summed E-state index contributed by atoms with van der Waals surface area (Å²) >= 11 is 1.52. The molecule has 2 N–H and O–H groups in total. The number of hydrogen-bond donors (Lipinski definition) is 2. The highest BCUT2D eigenvalue weighted by Gasteiger charge is 2.19. The standard InChI is InChI=1S/C24H21NO2S/c1-15-7-9-17(10-8-15)14-20-19-5-3-4-6-22(19)28-23(20)24(27)25-21-12-11-18(26)13-16(21)2/h3-13,26H,14H2,1-2H3,(H,25,27). The zero-order valence-electron chi connectivity index (χ0n) is 15.8. The monoisotopic (exact) mass is 387 g/mol. The average Bonchev–Trinajstić information content (AvgIpc) is 3.04. The predicted octanol–water partition coefficient (Wildman–Crippen LogP) is 6.07. The quantitative estimate of drug-likeness (QED) is 0.418. The van der Waals surface area contributed by atoms with E-state index in [-0.39, 0.29) is 11.7 Å². The minimum Gasteiger partial charge on any atom is -0.508 e. The molecule has 1 amide bonds. The maximum atomic E-state index is 13.1. The highest BCUT2D eigenvalue weighted by atomic mass is 32.1. The van der Waals surface area contributed by atoms with Gasteiger partial charge in [-0.2, -0.15) is 0 Å². The van der Waals surface area contributed by atoms with Gasteiger partial charge in [0.1, 0.15) is 5.75 Å². The molecule has 0 bridgehead atoms. The summed E-state index contributed by atoms with van der Waals surface area (Å²) in [4.78, 5) is 13.9. The minimum absolute atomic E-state index is 0.114. The number of aryl methyl sites for hydroxylation is 2. The van der Waals surface area contributed by atoms with Crippen molar-refractivity contribution in [1.82, 2.24) is 0 Å². The van der Waals surface area contributed by atoms with Crippen LogP contribution in [0.5, 0.6) is 5.75 Å². The van der Waals surface area contributed by atoms with E-state index in [2.05, 4.69) is 48.6 Å². The molecule has 0 atom stereocenters. The van der Waals surface area contributed by atoms with Gasteiger partial charge in [-0.15, -0.1) is 11.3 Å². The summed E-state index contributed by atoms with van der Waals surface area (Å²) in [6.07, 6.45) is 0.710. The van der Waals surface area contributed by atoms with Crippen LogP contribution in [-0.2, 0) is 6.42 Å². The van der Waals surface area contributed by atoms with Crippen LogP contribution >= 0.6 is 11.3 Å². The van der Waals surface area contributed by atoms with Crippen LogP contribution in [0.1, 0.15) is 31.9 Å². The highest BCUT2D eigenvalue weighted by molar-refractivity contribution is 7.21. The lowest BCUT2D eigenvalue weighted by Gasteiger charge is -2.10. The number of rotatable bonds is 4. The van der Waals surface area contributed by atoms with Crippen LogP contribution in [0.15, 0.2) is 66.7 Å². The normalized spacial score (nSPS) is 10.9. The summed E-state index contributed by atoms with van der Waals surface area (Å²) in [6, 6.07) is 21.6.